The van der Waals surface area contributed by atoms with Gasteiger partial charge in [-0.3, -0.25) is 0 Å². The number of fused-ring (bicyclic) bond motifs is 1. The van der Waals surface area contributed by atoms with Crippen LogP contribution in [0.5, 0.6) is 0 Å². The summed E-state index contributed by atoms with van der Waals surface area (Å²) < 4.78 is 0. The summed E-state index contributed by atoms with van der Waals surface area (Å²) in [6.07, 6.45) is 1.56. The Morgan fingerprint density at radius 2 is 1.67 bits per heavy atom. The molecule has 0 saturated carbocycles. The summed E-state index contributed by atoms with van der Waals surface area (Å²) in [7, 11) is 0. The van der Waals surface area contributed by atoms with E-state index in [4.69, 9.17) is 23.2 Å². The molecule has 2 aromatic carbocycles. The zero-order chi connectivity index (χ0) is 16.5. The number of hydrogen-bond acceptors (Lipinski definition) is 4. The summed E-state index contributed by atoms with van der Waals surface area (Å²) in [4.78, 5) is 9.73. The first-order valence-corrected chi connectivity index (χ1v) is 8.85. The van der Waals surface area contributed by atoms with Crippen molar-refractivity contribution in [2.75, 3.05) is 5.32 Å². The first-order valence-electron chi connectivity index (χ1n) is 7.21. The van der Waals surface area contributed by atoms with Crippen LogP contribution in [0.3, 0.4) is 0 Å². The smallest absolute Gasteiger partial charge is 0.143 e. The Morgan fingerprint density at radius 3 is 2.42 bits per heavy atom. The van der Waals surface area contributed by atoms with Gasteiger partial charge in [0.15, 0.2) is 0 Å². The molecule has 24 heavy (non-hydrogen) atoms. The third-order valence-electron chi connectivity index (χ3n) is 3.58. The molecule has 0 aliphatic rings. The van der Waals surface area contributed by atoms with Gasteiger partial charge in [0.05, 0.1) is 5.39 Å². The Bertz CT molecular complexity index is 995. The van der Waals surface area contributed by atoms with E-state index in [2.05, 4.69) is 32.8 Å². The molecule has 0 amide bonds. The summed E-state index contributed by atoms with van der Waals surface area (Å²) in [5.74, 6) is 0.735. The van der Waals surface area contributed by atoms with Gasteiger partial charge in [0, 0.05) is 26.7 Å². The number of rotatable bonds is 3. The number of nitrogens with one attached hydrogen (secondary N) is 1. The molecule has 0 atom stereocenters. The minimum absolute atomic E-state index is 0.573. The number of anilines is 2. The number of hydrogen-bond donors (Lipinski definition) is 1. The van der Waals surface area contributed by atoms with Crippen molar-refractivity contribution in [3.63, 3.8) is 0 Å². The van der Waals surface area contributed by atoms with Gasteiger partial charge in [0.25, 0.3) is 0 Å². The Kier molecular flexibility index (Phi) is 4.10. The molecular weight excluding hydrogens is 361 g/mol. The Balaban J connectivity index is 1.85. The van der Waals surface area contributed by atoms with Crippen LogP contribution < -0.4 is 5.32 Å². The molecule has 0 fully saturated rings. The average Bonchev–Trinajstić information content (AvgIpc) is 3.00. The molecule has 0 spiro atoms. The van der Waals surface area contributed by atoms with E-state index in [1.54, 1.807) is 23.7 Å². The molecule has 6 heteroatoms. The zero-order valence-electron chi connectivity index (χ0n) is 12.3. The van der Waals surface area contributed by atoms with Gasteiger partial charge in [-0.05, 0) is 23.8 Å². The maximum atomic E-state index is 6.09. The summed E-state index contributed by atoms with van der Waals surface area (Å²) >= 11 is 13.8. The second-order valence-electron chi connectivity index (χ2n) is 5.20. The van der Waals surface area contributed by atoms with Gasteiger partial charge in [-0.2, -0.15) is 0 Å². The highest BCUT2D eigenvalue weighted by Gasteiger charge is 2.13. The molecule has 3 nitrogen and oxygen atoms in total. The fourth-order valence-corrected chi connectivity index (χ4v) is 4.00. The molecule has 4 aromatic rings. The second-order valence-corrected chi connectivity index (χ2v) is 6.93. The Hall–Kier alpha value is -2.14. The summed E-state index contributed by atoms with van der Waals surface area (Å²) in [5, 5.41) is 7.55. The number of nitrogens with zero attached hydrogens (tertiary/aromatic N) is 2. The predicted octanol–water partition coefficient (Wildman–Crippen LogP) is 6.41. The summed E-state index contributed by atoms with van der Waals surface area (Å²) in [5.41, 5.74) is 3.02. The molecule has 0 aliphatic heterocycles. The SMILES string of the molecule is Clc1cc(Cl)cc(Nc2ncnc3scc(-c4ccccc4)c23)c1. The van der Waals surface area contributed by atoms with Crippen LogP contribution in [0.1, 0.15) is 0 Å². The van der Waals surface area contributed by atoms with Crippen molar-refractivity contribution in [1.29, 1.82) is 0 Å². The predicted molar refractivity (Wildman–Crippen MR) is 103 cm³/mol. The highest BCUT2D eigenvalue weighted by molar-refractivity contribution is 7.17. The van der Waals surface area contributed by atoms with Crippen LogP contribution in [-0.4, -0.2) is 9.97 Å². The van der Waals surface area contributed by atoms with Crippen LogP contribution in [0.4, 0.5) is 11.5 Å². The van der Waals surface area contributed by atoms with Crippen LogP contribution in [0, 0.1) is 0 Å². The van der Waals surface area contributed by atoms with Gasteiger partial charge in [-0.1, -0.05) is 53.5 Å². The van der Waals surface area contributed by atoms with Crippen molar-refractivity contribution in [2.45, 2.75) is 0 Å². The van der Waals surface area contributed by atoms with Crippen LogP contribution in [0.25, 0.3) is 21.3 Å². The molecule has 2 aromatic heterocycles. The average molecular weight is 372 g/mol. The van der Waals surface area contributed by atoms with Crippen LogP contribution >= 0.6 is 34.5 Å². The monoisotopic (exact) mass is 371 g/mol. The normalized spacial score (nSPS) is 10.9. The van der Waals surface area contributed by atoms with Gasteiger partial charge in [-0.15, -0.1) is 11.3 Å². The lowest BCUT2D eigenvalue weighted by Crippen LogP contribution is -1.95. The minimum atomic E-state index is 0.573. The van der Waals surface area contributed by atoms with Crippen molar-refractivity contribution in [1.82, 2.24) is 9.97 Å². The number of aromatic nitrogens is 2. The third-order valence-corrected chi connectivity index (χ3v) is 4.90. The molecule has 0 radical (unpaired) electrons. The molecule has 0 bridgehead atoms. The lowest BCUT2D eigenvalue weighted by atomic mass is 10.1. The largest absolute Gasteiger partial charge is 0.339 e. The maximum absolute atomic E-state index is 6.09. The molecule has 0 saturated heterocycles. The Labute approximate surface area is 152 Å². The van der Waals surface area contributed by atoms with E-state index in [0.29, 0.717) is 10.0 Å². The number of benzene rings is 2. The third kappa shape index (κ3) is 2.96. The van der Waals surface area contributed by atoms with Crippen LogP contribution in [0.2, 0.25) is 10.0 Å². The van der Waals surface area contributed by atoms with E-state index in [1.165, 1.54) is 0 Å². The topological polar surface area (TPSA) is 37.8 Å². The standard InChI is InChI=1S/C18H11Cl2N3S/c19-12-6-13(20)8-14(7-12)23-17-16-15(11-4-2-1-3-5-11)9-24-18(16)22-10-21-17/h1-10H,(H,21,22,23). The fourth-order valence-electron chi connectivity index (χ4n) is 2.56. The molecule has 0 aliphatic carbocycles. The van der Waals surface area contributed by atoms with E-state index >= 15 is 0 Å². The molecule has 4 rings (SSSR count). The first kappa shape index (κ1) is 15.4. The lowest BCUT2D eigenvalue weighted by Gasteiger charge is -2.09. The molecule has 118 valence electrons. The van der Waals surface area contributed by atoms with Gasteiger partial charge in [-0.25, -0.2) is 9.97 Å². The first-order chi connectivity index (χ1) is 11.7. The summed E-state index contributed by atoms with van der Waals surface area (Å²) in [6.45, 7) is 0. The van der Waals surface area contributed by atoms with Crippen molar-refractivity contribution in [3.05, 3.63) is 70.3 Å². The highest BCUT2D eigenvalue weighted by Crippen LogP contribution is 2.37. The van der Waals surface area contributed by atoms with Gasteiger partial charge in [0.2, 0.25) is 0 Å². The number of halogens is 2. The van der Waals surface area contributed by atoms with Crippen molar-refractivity contribution >= 4 is 56.3 Å². The maximum Gasteiger partial charge on any atom is 0.143 e. The van der Waals surface area contributed by atoms with Crippen molar-refractivity contribution in [3.8, 4) is 11.1 Å². The molecule has 1 N–H and O–H groups in total. The quantitative estimate of drug-likeness (QED) is 0.452. The van der Waals surface area contributed by atoms with E-state index < -0.39 is 0 Å². The van der Waals surface area contributed by atoms with E-state index in [-0.39, 0.29) is 0 Å². The number of thiophene rings is 1. The summed E-state index contributed by atoms with van der Waals surface area (Å²) in [6, 6.07) is 15.5. The zero-order valence-corrected chi connectivity index (χ0v) is 14.7. The van der Waals surface area contributed by atoms with Crippen LogP contribution in [0.15, 0.2) is 60.2 Å². The second kappa shape index (κ2) is 6.40. The minimum Gasteiger partial charge on any atom is -0.339 e. The molecular formula is C18H11Cl2N3S. The fraction of sp³-hybridized carbons (Fsp3) is 0. The van der Waals surface area contributed by atoms with Crippen molar-refractivity contribution in [2.24, 2.45) is 0 Å². The molecule has 0 unspecified atom stereocenters. The van der Waals surface area contributed by atoms with E-state index in [1.807, 2.05) is 30.3 Å². The van der Waals surface area contributed by atoms with Gasteiger partial charge < -0.3 is 5.32 Å². The van der Waals surface area contributed by atoms with Gasteiger partial charge >= 0.3 is 0 Å². The molecule has 2 heterocycles. The van der Waals surface area contributed by atoms with E-state index in [0.717, 1.165) is 32.8 Å². The van der Waals surface area contributed by atoms with Crippen molar-refractivity contribution < 1.29 is 0 Å². The lowest BCUT2D eigenvalue weighted by molar-refractivity contribution is 1.23. The highest BCUT2D eigenvalue weighted by atomic mass is 35.5. The van der Waals surface area contributed by atoms with E-state index in [9.17, 15) is 0 Å². The van der Waals surface area contributed by atoms with Gasteiger partial charge in [0.1, 0.15) is 17.0 Å². The Morgan fingerprint density at radius 1 is 0.917 bits per heavy atom. The van der Waals surface area contributed by atoms with Crippen LogP contribution in [-0.2, 0) is 0 Å².